The van der Waals surface area contributed by atoms with Gasteiger partial charge in [-0.25, -0.2) is 4.98 Å². The van der Waals surface area contributed by atoms with Gasteiger partial charge in [0.15, 0.2) is 0 Å². The number of hydrogen-bond acceptors (Lipinski definition) is 5. The minimum atomic E-state index is 0.542. The molecule has 24 heavy (non-hydrogen) atoms. The van der Waals surface area contributed by atoms with Crippen molar-refractivity contribution in [2.75, 3.05) is 31.2 Å². The molecule has 6 nitrogen and oxygen atoms in total. The highest BCUT2D eigenvalue weighted by Crippen LogP contribution is 2.18. The molecule has 0 unspecified atom stereocenters. The van der Waals surface area contributed by atoms with Crippen molar-refractivity contribution in [2.45, 2.75) is 6.54 Å². The molecule has 0 bridgehead atoms. The summed E-state index contributed by atoms with van der Waals surface area (Å²) in [5.41, 5.74) is 4.24. The quantitative estimate of drug-likeness (QED) is 0.745. The zero-order chi connectivity index (χ0) is 16.2. The maximum absolute atomic E-state index is 5.38. The number of morpholine rings is 1. The Morgan fingerprint density at radius 1 is 1.04 bits per heavy atom. The Kier molecular flexibility index (Phi) is 4.20. The molecule has 2 heterocycles. The fourth-order valence-electron chi connectivity index (χ4n) is 2.80. The van der Waals surface area contributed by atoms with E-state index in [9.17, 15) is 0 Å². The minimum Gasteiger partial charge on any atom is -0.378 e. The Balaban J connectivity index is 1.39. The third-order valence-corrected chi connectivity index (χ3v) is 4.11. The number of ether oxygens (including phenoxy) is 1. The van der Waals surface area contributed by atoms with E-state index in [1.54, 1.807) is 0 Å². The van der Waals surface area contributed by atoms with Crippen molar-refractivity contribution in [1.82, 2.24) is 9.97 Å². The molecule has 2 aromatic carbocycles. The molecule has 0 amide bonds. The van der Waals surface area contributed by atoms with Crippen LogP contribution in [0.1, 0.15) is 5.56 Å². The monoisotopic (exact) mass is 321 g/mol. The highest BCUT2D eigenvalue weighted by atomic mass is 16.5. The zero-order valence-corrected chi connectivity index (χ0v) is 13.4. The number of hydrogen-bond donors (Lipinski definition) is 1. The number of imidazole rings is 1. The van der Waals surface area contributed by atoms with Crippen LogP contribution in [-0.4, -0.2) is 36.3 Å². The smallest absolute Gasteiger partial charge is 0.247 e. The number of aromatic amines is 1. The van der Waals surface area contributed by atoms with Crippen molar-refractivity contribution >= 4 is 22.7 Å². The van der Waals surface area contributed by atoms with Crippen LogP contribution in [0.4, 0.5) is 11.6 Å². The van der Waals surface area contributed by atoms with Gasteiger partial charge < -0.3 is 14.6 Å². The molecule has 1 N–H and O–H groups in total. The lowest BCUT2D eigenvalue weighted by atomic mass is 10.2. The maximum atomic E-state index is 5.38. The van der Waals surface area contributed by atoms with Crippen molar-refractivity contribution in [2.24, 2.45) is 10.2 Å². The molecule has 0 radical (unpaired) electrons. The molecule has 6 heteroatoms. The first-order valence-electron chi connectivity index (χ1n) is 8.12. The molecule has 0 atom stereocenters. The number of aromatic nitrogens is 2. The summed E-state index contributed by atoms with van der Waals surface area (Å²) in [7, 11) is 0. The number of anilines is 1. The highest BCUT2D eigenvalue weighted by molar-refractivity contribution is 5.76. The van der Waals surface area contributed by atoms with Crippen LogP contribution in [0.25, 0.3) is 11.0 Å². The second kappa shape index (κ2) is 6.80. The number of benzene rings is 2. The van der Waals surface area contributed by atoms with Crippen molar-refractivity contribution in [3.63, 3.8) is 0 Å². The first-order valence-corrected chi connectivity index (χ1v) is 8.12. The molecular weight excluding hydrogens is 302 g/mol. The van der Waals surface area contributed by atoms with E-state index in [4.69, 9.17) is 4.74 Å². The molecule has 3 aromatic rings. The summed E-state index contributed by atoms with van der Waals surface area (Å²) in [6, 6.07) is 16.3. The summed E-state index contributed by atoms with van der Waals surface area (Å²) in [6.07, 6.45) is 0. The van der Waals surface area contributed by atoms with Gasteiger partial charge in [-0.1, -0.05) is 24.3 Å². The molecule has 1 aliphatic rings. The van der Waals surface area contributed by atoms with E-state index in [1.807, 2.05) is 24.3 Å². The van der Waals surface area contributed by atoms with Gasteiger partial charge in [-0.15, -0.1) is 5.11 Å². The van der Waals surface area contributed by atoms with E-state index < -0.39 is 0 Å². The van der Waals surface area contributed by atoms with Gasteiger partial charge in [0, 0.05) is 18.8 Å². The molecular formula is C18H19N5O. The van der Waals surface area contributed by atoms with E-state index >= 15 is 0 Å². The van der Waals surface area contributed by atoms with Crippen molar-refractivity contribution in [3.8, 4) is 0 Å². The second-order valence-corrected chi connectivity index (χ2v) is 5.74. The number of nitrogens with zero attached hydrogens (tertiary/aromatic N) is 4. The summed E-state index contributed by atoms with van der Waals surface area (Å²) in [5.74, 6) is 0.543. The van der Waals surface area contributed by atoms with Gasteiger partial charge in [-0.3, -0.25) is 0 Å². The first-order chi connectivity index (χ1) is 11.9. The maximum Gasteiger partial charge on any atom is 0.247 e. The molecule has 1 saturated heterocycles. The van der Waals surface area contributed by atoms with Gasteiger partial charge in [0.1, 0.15) is 0 Å². The van der Waals surface area contributed by atoms with E-state index in [-0.39, 0.29) is 0 Å². The molecule has 0 saturated carbocycles. The van der Waals surface area contributed by atoms with Crippen molar-refractivity contribution in [1.29, 1.82) is 0 Å². The fourth-order valence-corrected chi connectivity index (χ4v) is 2.80. The third kappa shape index (κ3) is 3.28. The predicted molar refractivity (Wildman–Crippen MR) is 93.8 cm³/mol. The molecule has 1 fully saturated rings. The Morgan fingerprint density at radius 3 is 2.62 bits per heavy atom. The summed E-state index contributed by atoms with van der Waals surface area (Å²) in [4.78, 5) is 9.87. The van der Waals surface area contributed by atoms with E-state index in [0.717, 1.165) is 42.9 Å². The standard InChI is InChI=1S/C18H19N5O/c1-2-4-17-16(3-1)20-18(21-17)22-19-13-14-5-7-15(8-6-14)23-9-11-24-12-10-23/h1-8H,9-13H2,(H,20,21). The van der Waals surface area contributed by atoms with Crippen molar-refractivity contribution < 1.29 is 4.74 Å². The average molecular weight is 321 g/mol. The molecule has 1 aliphatic heterocycles. The van der Waals surface area contributed by atoms with Gasteiger partial charge in [0.05, 0.1) is 30.8 Å². The Hall–Kier alpha value is -2.73. The van der Waals surface area contributed by atoms with Gasteiger partial charge in [-0.05, 0) is 29.8 Å². The lowest BCUT2D eigenvalue weighted by molar-refractivity contribution is 0.122. The van der Waals surface area contributed by atoms with Gasteiger partial charge in [0.25, 0.3) is 0 Å². The molecule has 0 spiro atoms. The van der Waals surface area contributed by atoms with Crippen LogP contribution in [-0.2, 0) is 11.3 Å². The predicted octanol–water partition coefficient (Wildman–Crippen LogP) is 3.68. The zero-order valence-electron chi connectivity index (χ0n) is 13.4. The van der Waals surface area contributed by atoms with Crippen LogP contribution in [0, 0.1) is 0 Å². The number of H-pyrrole nitrogens is 1. The largest absolute Gasteiger partial charge is 0.378 e. The number of fused-ring (bicyclic) bond motifs is 1. The van der Waals surface area contributed by atoms with Crippen LogP contribution in [0.15, 0.2) is 58.8 Å². The molecule has 122 valence electrons. The van der Waals surface area contributed by atoms with Crippen LogP contribution in [0.5, 0.6) is 0 Å². The van der Waals surface area contributed by atoms with Gasteiger partial charge in [0.2, 0.25) is 5.95 Å². The van der Waals surface area contributed by atoms with E-state index in [2.05, 4.69) is 49.4 Å². The Morgan fingerprint density at radius 2 is 1.83 bits per heavy atom. The lowest BCUT2D eigenvalue weighted by Gasteiger charge is -2.28. The van der Waals surface area contributed by atoms with E-state index in [1.165, 1.54) is 5.69 Å². The normalized spacial score (nSPS) is 15.4. The Labute approximate surface area is 140 Å². The number of para-hydroxylation sites is 2. The topological polar surface area (TPSA) is 65.9 Å². The lowest BCUT2D eigenvalue weighted by Crippen LogP contribution is -2.36. The van der Waals surface area contributed by atoms with Crippen LogP contribution < -0.4 is 4.90 Å². The van der Waals surface area contributed by atoms with Gasteiger partial charge >= 0.3 is 0 Å². The number of rotatable bonds is 4. The van der Waals surface area contributed by atoms with Crippen LogP contribution in [0.2, 0.25) is 0 Å². The summed E-state index contributed by atoms with van der Waals surface area (Å²) < 4.78 is 5.38. The minimum absolute atomic E-state index is 0.542. The SMILES string of the molecule is c1ccc2[nH]c(N=NCc3ccc(N4CCOCC4)cc3)nc2c1. The summed E-state index contributed by atoms with van der Waals surface area (Å²) in [6.45, 7) is 4.04. The Bertz CT molecular complexity index is 801. The fraction of sp³-hybridized carbons (Fsp3) is 0.278. The highest BCUT2D eigenvalue weighted by Gasteiger charge is 2.10. The van der Waals surface area contributed by atoms with Crippen molar-refractivity contribution in [3.05, 3.63) is 54.1 Å². The molecule has 0 aliphatic carbocycles. The van der Waals surface area contributed by atoms with E-state index in [0.29, 0.717) is 12.5 Å². The first kappa shape index (κ1) is 14.8. The molecule has 4 rings (SSSR count). The van der Waals surface area contributed by atoms with Crippen LogP contribution >= 0.6 is 0 Å². The van der Waals surface area contributed by atoms with Gasteiger partial charge in [-0.2, -0.15) is 5.11 Å². The average Bonchev–Trinajstić information content (AvgIpc) is 3.06. The third-order valence-electron chi connectivity index (χ3n) is 4.11. The molecule has 1 aromatic heterocycles. The second-order valence-electron chi connectivity index (χ2n) is 5.74. The number of nitrogens with one attached hydrogen (secondary N) is 1. The number of azo groups is 1. The summed E-state index contributed by atoms with van der Waals surface area (Å²) >= 11 is 0. The van der Waals surface area contributed by atoms with Crippen LogP contribution in [0.3, 0.4) is 0 Å². The summed E-state index contributed by atoms with van der Waals surface area (Å²) in [5, 5.41) is 8.43.